The molecule has 0 amide bonds. The number of phenols is 1. The predicted octanol–water partition coefficient (Wildman–Crippen LogP) is 4.41. The van der Waals surface area contributed by atoms with Crippen molar-refractivity contribution in [1.29, 1.82) is 0 Å². The molecule has 4 atom stereocenters. The van der Waals surface area contributed by atoms with Gasteiger partial charge in [-0.05, 0) is 78.5 Å². The lowest BCUT2D eigenvalue weighted by Crippen LogP contribution is -2.39. The van der Waals surface area contributed by atoms with E-state index in [1.165, 1.54) is 36.8 Å². The Morgan fingerprint density at radius 1 is 1.26 bits per heavy atom. The van der Waals surface area contributed by atoms with Crippen LogP contribution in [0.3, 0.4) is 0 Å². The molecule has 19 heavy (non-hydrogen) atoms. The number of phenolic OH excluding ortho intramolecular Hbond substituents is 1. The zero-order valence-corrected chi connectivity index (χ0v) is 11.6. The van der Waals surface area contributed by atoms with Gasteiger partial charge in [-0.3, -0.25) is 0 Å². The van der Waals surface area contributed by atoms with Gasteiger partial charge in [-0.2, -0.15) is 0 Å². The topological polar surface area (TPSA) is 20.2 Å². The summed E-state index contributed by atoms with van der Waals surface area (Å²) in [5, 5.41) is 9.66. The van der Waals surface area contributed by atoms with E-state index in [2.05, 4.69) is 25.1 Å². The Kier molecular flexibility index (Phi) is 2.36. The zero-order valence-electron chi connectivity index (χ0n) is 11.6. The molecule has 1 heteroatoms. The number of hydrogen-bond acceptors (Lipinski definition) is 1. The lowest BCUT2D eigenvalue weighted by Gasteiger charge is -2.49. The second-order valence-electron chi connectivity index (χ2n) is 7.04. The van der Waals surface area contributed by atoms with E-state index in [1.54, 1.807) is 0 Å². The fourth-order valence-electron chi connectivity index (χ4n) is 4.99. The molecule has 3 aliphatic carbocycles. The van der Waals surface area contributed by atoms with E-state index in [0.717, 1.165) is 24.2 Å². The molecule has 1 N–H and O–H groups in total. The van der Waals surface area contributed by atoms with E-state index in [9.17, 15) is 5.11 Å². The van der Waals surface area contributed by atoms with Crippen molar-refractivity contribution in [3.05, 3.63) is 41.5 Å². The fourth-order valence-corrected chi connectivity index (χ4v) is 4.99. The fraction of sp³-hybridized carbons (Fsp3) is 0.556. The number of aryl methyl sites for hydroxylation is 1. The van der Waals surface area contributed by atoms with Crippen LogP contribution in [0, 0.1) is 17.3 Å². The van der Waals surface area contributed by atoms with E-state index in [4.69, 9.17) is 0 Å². The van der Waals surface area contributed by atoms with E-state index in [-0.39, 0.29) is 0 Å². The number of allylic oxidation sites excluding steroid dienone is 2. The van der Waals surface area contributed by atoms with Gasteiger partial charge >= 0.3 is 0 Å². The maximum absolute atomic E-state index is 9.66. The van der Waals surface area contributed by atoms with Crippen LogP contribution in [0.5, 0.6) is 5.75 Å². The highest BCUT2D eigenvalue weighted by Crippen LogP contribution is 2.58. The smallest absolute Gasteiger partial charge is 0.115 e. The Bertz CT molecular complexity index is 545. The Labute approximate surface area is 115 Å². The van der Waals surface area contributed by atoms with Crippen LogP contribution in [-0.4, -0.2) is 5.11 Å². The number of rotatable bonds is 0. The molecule has 100 valence electrons. The molecule has 1 fully saturated rings. The van der Waals surface area contributed by atoms with E-state index < -0.39 is 0 Å². The summed E-state index contributed by atoms with van der Waals surface area (Å²) in [4.78, 5) is 0. The van der Waals surface area contributed by atoms with Crippen LogP contribution < -0.4 is 0 Å². The summed E-state index contributed by atoms with van der Waals surface area (Å²) in [7, 11) is 0. The summed E-state index contributed by atoms with van der Waals surface area (Å²) in [5.74, 6) is 2.77. The zero-order chi connectivity index (χ0) is 13.0. The molecule has 0 unspecified atom stereocenters. The summed E-state index contributed by atoms with van der Waals surface area (Å²) in [6.07, 6.45) is 11.3. The summed E-state index contributed by atoms with van der Waals surface area (Å²) < 4.78 is 0. The maximum Gasteiger partial charge on any atom is 0.115 e. The highest BCUT2D eigenvalue weighted by Gasteiger charge is 2.48. The molecule has 1 aromatic carbocycles. The number of hydrogen-bond donors (Lipinski definition) is 1. The lowest BCUT2D eigenvalue weighted by molar-refractivity contribution is 0.0787. The van der Waals surface area contributed by atoms with Crippen LogP contribution in [-0.2, 0) is 6.42 Å². The van der Waals surface area contributed by atoms with Crippen molar-refractivity contribution in [2.75, 3.05) is 0 Å². The third-order valence-corrected chi connectivity index (χ3v) is 6.01. The van der Waals surface area contributed by atoms with Gasteiger partial charge in [0, 0.05) is 0 Å². The molecule has 0 radical (unpaired) electrons. The summed E-state index contributed by atoms with van der Waals surface area (Å²) >= 11 is 0. The van der Waals surface area contributed by atoms with Gasteiger partial charge in [0.25, 0.3) is 0 Å². The summed E-state index contributed by atoms with van der Waals surface area (Å²) in [5.41, 5.74) is 3.46. The second kappa shape index (κ2) is 3.88. The van der Waals surface area contributed by atoms with Crippen molar-refractivity contribution in [1.82, 2.24) is 0 Å². The molecule has 0 heterocycles. The first-order valence-corrected chi connectivity index (χ1v) is 7.66. The first kappa shape index (κ1) is 11.6. The van der Waals surface area contributed by atoms with Crippen molar-refractivity contribution >= 4 is 0 Å². The van der Waals surface area contributed by atoms with E-state index in [0.29, 0.717) is 11.2 Å². The van der Waals surface area contributed by atoms with Crippen molar-refractivity contribution in [3.8, 4) is 5.75 Å². The van der Waals surface area contributed by atoms with Gasteiger partial charge in [0.05, 0.1) is 0 Å². The van der Waals surface area contributed by atoms with Gasteiger partial charge in [-0.15, -0.1) is 0 Å². The molecule has 1 nitrogen and oxygen atoms in total. The van der Waals surface area contributed by atoms with Crippen LogP contribution in [0.25, 0.3) is 0 Å². The molecule has 1 aromatic rings. The third kappa shape index (κ3) is 1.60. The van der Waals surface area contributed by atoms with Gasteiger partial charge < -0.3 is 5.11 Å². The minimum Gasteiger partial charge on any atom is -0.508 e. The number of aromatic hydroxyl groups is 1. The van der Waals surface area contributed by atoms with Crippen molar-refractivity contribution in [3.63, 3.8) is 0 Å². The number of fused-ring (bicyclic) bond motifs is 5. The van der Waals surface area contributed by atoms with Crippen LogP contribution >= 0.6 is 0 Å². The highest BCUT2D eigenvalue weighted by molar-refractivity contribution is 5.40. The van der Waals surface area contributed by atoms with Crippen molar-refractivity contribution in [2.45, 2.75) is 44.9 Å². The average molecular weight is 254 g/mol. The standard InChI is InChI=1S/C18H22O/c1-18-9-2-3-17(18)16-6-4-12-11-13(19)5-7-14(12)15(16)8-10-18/h2-3,5,7,11,15-17,19H,4,6,8-10H2,1H3/t15-,16-,17+,18+/m1/s1. The minimum atomic E-state index is 0.429. The second-order valence-corrected chi connectivity index (χ2v) is 7.04. The largest absolute Gasteiger partial charge is 0.508 e. The summed E-state index contributed by atoms with van der Waals surface area (Å²) in [6, 6.07) is 6.05. The lowest BCUT2D eigenvalue weighted by atomic mass is 9.56. The molecular formula is C18H22O. The van der Waals surface area contributed by atoms with Crippen LogP contribution in [0.2, 0.25) is 0 Å². The van der Waals surface area contributed by atoms with Gasteiger partial charge in [0.1, 0.15) is 5.75 Å². The number of benzene rings is 1. The molecule has 0 bridgehead atoms. The van der Waals surface area contributed by atoms with Crippen LogP contribution in [0.1, 0.15) is 49.7 Å². The van der Waals surface area contributed by atoms with Gasteiger partial charge in [-0.1, -0.05) is 25.1 Å². The third-order valence-electron chi connectivity index (χ3n) is 6.01. The Morgan fingerprint density at radius 2 is 2.16 bits per heavy atom. The Morgan fingerprint density at radius 3 is 3.05 bits per heavy atom. The monoisotopic (exact) mass is 254 g/mol. The maximum atomic E-state index is 9.66. The molecule has 0 aromatic heterocycles. The van der Waals surface area contributed by atoms with Gasteiger partial charge in [-0.25, -0.2) is 0 Å². The van der Waals surface area contributed by atoms with E-state index in [1.807, 2.05) is 12.1 Å². The molecule has 3 aliphatic rings. The van der Waals surface area contributed by atoms with Crippen molar-refractivity contribution < 1.29 is 5.11 Å². The summed E-state index contributed by atoms with van der Waals surface area (Å²) in [6.45, 7) is 2.49. The Balaban J connectivity index is 1.74. The van der Waals surface area contributed by atoms with E-state index >= 15 is 0 Å². The van der Waals surface area contributed by atoms with Crippen LogP contribution in [0.4, 0.5) is 0 Å². The van der Waals surface area contributed by atoms with Gasteiger partial charge in [0.2, 0.25) is 0 Å². The van der Waals surface area contributed by atoms with Crippen molar-refractivity contribution in [2.24, 2.45) is 17.3 Å². The predicted molar refractivity (Wildman–Crippen MR) is 77.2 cm³/mol. The SMILES string of the molecule is C[C@@]12CC=C[C@H]1[C@@H]1CCc3cc(O)ccc3[C@H]1CC2. The normalized spacial score (nSPS) is 39.5. The first-order valence-electron chi connectivity index (χ1n) is 7.66. The molecular weight excluding hydrogens is 232 g/mol. The highest BCUT2D eigenvalue weighted by atomic mass is 16.3. The molecule has 0 spiro atoms. The van der Waals surface area contributed by atoms with Crippen LogP contribution in [0.15, 0.2) is 30.4 Å². The average Bonchev–Trinajstić information content (AvgIpc) is 2.79. The quantitative estimate of drug-likeness (QED) is 0.680. The molecule has 0 saturated heterocycles. The molecule has 0 aliphatic heterocycles. The molecule has 1 saturated carbocycles. The first-order chi connectivity index (χ1) is 9.17. The molecule has 4 rings (SSSR count). The van der Waals surface area contributed by atoms with Gasteiger partial charge in [0.15, 0.2) is 0 Å². The minimum absolute atomic E-state index is 0.429. The Hall–Kier alpha value is -1.24.